The van der Waals surface area contributed by atoms with Crippen molar-refractivity contribution in [1.29, 1.82) is 0 Å². The van der Waals surface area contributed by atoms with E-state index in [0.29, 0.717) is 49.5 Å². The van der Waals surface area contributed by atoms with Crippen molar-refractivity contribution in [3.63, 3.8) is 0 Å². The Morgan fingerprint density at radius 1 is 0.587 bits per heavy atom. The lowest BCUT2D eigenvalue weighted by atomic mass is 10.00. The molecule has 46 heavy (non-hydrogen) atoms. The lowest BCUT2D eigenvalue weighted by molar-refractivity contribution is -0.120. The Morgan fingerprint density at radius 2 is 1.09 bits per heavy atom. The van der Waals surface area contributed by atoms with Crippen LogP contribution in [0, 0.1) is 0 Å². The molecule has 0 saturated heterocycles. The maximum Gasteiger partial charge on any atom is 0.298 e. The Labute approximate surface area is 270 Å². The first-order valence-corrected chi connectivity index (χ1v) is 13.9. The summed E-state index contributed by atoms with van der Waals surface area (Å²) < 4.78 is 32.5. The fraction of sp³-hybridized carbons (Fsp3) is 0.162. The number of carbonyl (C=O) groups is 3. The molecule has 0 heterocycles. The zero-order valence-electron chi connectivity index (χ0n) is 26.6. The van der Waals surface area contributed by atoms with Crippen LogP contribution < -0.4 is 28.4 Å². The number of hydrogen-bond acceptors (Lipinski definition) is 9. The second-order valence-corrected chi connectivity index (χ2v) is 8.67. The van der Waals surface area contributed by atoms with Gasteiger partial charge in [-0.15, -0.1) is 6.58 Å². The summed E-state index contributed by atoms with van der Waals surface area (Å²) in [6, 6.07) is 23.0. The third-order valence-electron chi connectivity index (χ3n) is 5.65. The fourth-order valence-electron chi connectivity index (χ4n) is 3.73. The zero-order chi connectivity index (χ0) is 34.2. The average Bonchev–Trinajstić information content (AvgIpc) is 3.10. The van der Waals surface area contributed by atoms with Crippen LogP contribution in [0.1, 0.15) is 6.92 Å². The maximum absolute atomic E-state index is 10.7. The van der Waals surface area contributed by atoms with E-state index in [0.717, 1.165) is 39.1 Å². The van der Waals surface area contributed by atoms with Crippen LogP contribution in [0.3, 0.4) is 0 Å². The van der Waals surface area contributed by atoms with Gasteiger partial charge in [0, 0.05) is 17.7 Å². The first-order chi connectivity index (χ1) is 22.4. The van der Waals surface area contributed by atoms with Gasteiger partial charge in [0.1, 0.15) is 48.8 Å². The third kappa shape index (κ3) is 12.8. The molecule has 0 saturated carbocycles. The Kier molecular flexibility index (Phi) is 18.8. The van der Waals surface area contributed by atoms with E-state index in [4.69, 9.17) is 38.0 Å². The van der Waals surface area contributed by atoms with E-state index >= 15 is 0 Å². The van der Waals surface area contributed by atoms with Crippen molar-refractivity contribution in [2.75, 3.05) is 34.5 Å². The fourth-order valence-corrected chi connectivity index (χ4v) is 3.73. The molecule has 0 spiro atoms. The van der Waals surface area contributed by atoms with Gasteiger partial charge in [0.2, 0.25) is 0 Å². The summed E-state index contributed by atoms with van der Waals surface area (Å²) >= 11 is 0. The summed E-state index contributed by atoms with van der Waals surface area (Å²) in [7, 11) is 4.79. The molecule has 242 valence electrons. The van der Waals surface area contributed by atoms with E-state index in [1.165, 1.54) is 19.3 Å². The summed E-state index contributed by atoms with van der Waals surface area (Å²) in [4.78, 5) is 28.8. The highest BCUT2D eigenvalue weighted by molar-refractivity contribution is 5.89. The van der Waals surface area contributed by atoms with Gasteiger partial charge in [-0.2, -0.15) is 0 Å². The molecule has 4 rings (SSSR count). The van der Waals surface area contributed by atoms with Crippen LogP contribution in [0.25, 0.3) is 21.9 Å². The molecule has 0 atom stereocenters. The Hall–Kier alpha value is -5.83. The van der Waals surface area contributed by atoms with Crippen molar-refractivity contribution >= 4 is 29.8 Å². The van der Waals surface area contributed by atoms with E-state index in [1.54, 1.807) is 38.5 Å². The smallest absolute Gasteiger partial charge is 0.298 e. The molecule has 0 bridgehead atoms. The number of fused-ring (bicyclic) bond motifs is 1. The van der Waals surface area contributed by atoms with E-state index in [9.17, 15) is 4.79 Å². The van der Waals surface area contributed by atoms with Crippen LogP contribution in [-0.4, -0.2) is 53.6 Å². The molecular weight excluding hydrogens is 588 g/mol. The monoisotopic (exact) mass is 628 g/mol. The molecule has 9 nitrogen and oxygen atoms in total. The largest absolute Gasteiger partial charge is 0.497 e. The first kappa shape index (κ1) is 38.2. The van der Waals surface area contributed by atoms with Gasteiger partial charge >= 0.3 is 0 Å². The molecule has 0 amide bonds. The van der Waals surface area contributed by atoms with Gasteiger partial charge in [-0.05, 0) is 77.9 Å². The summed E-state index contributed by atoms with van der Waals surface area (Å²) in [5.41, 5.74) is 2.05. The van der Waals surface area contributed by atoms with Crippen molar-refractivity contribution < 1.29 is 42.8 Å². The van der Waals surface area contributed by atoms with Gasteiger partial charge in [0.15, 0.2) is 11.5 Å². The third-order valence-corrected chi connectivity index (χ3v) is 5.65. The molecule has 0 aliphatic carbocycles. The minimum absolute atomic E-state index is 0.294. The highest BCUT2D eigenvalue weighted by Crippen LogP contribution is 2.35. The normalized spacial score (nSPS) is 9.13. The van der Waals surface area contributed by atoms with E-state index in [1.807, 2.05) is 43.3 Å². The van der Waals surface area contributed by atoms with E-state index < -0.39 is 0 Å². The van der Waals surface area contributed by atoms with Crippen LogP contribution >= 0.6 is 0 Å². The number of methoxy groups -OCH3 is 3. The summed E-state index contributed by atoms with van der Waals surface area (Å²) in [5.74, 6) is 3.54. The zero-order valence-corrected chi connectivity index (χ0v) is 26.6. The van der Waals surface area contributed by atoms with Crippen molar-refractivity contribution in [1.82, 2.24) is 0 Å². The van der Waals surface area contributed by atoms with Gasteiger partial charge in [-0.1, -0.05) is 37.4 Å². The van der Waals surface area contributed by atoms with Gasteiger partial charge in [-0.25, -0.2) is 0 Å². The van der Waals surface area contributed by atoms with Crippen LogP contribution in [0.2, 0.25) is 0 Å². The predicted octanol–water partition coefficient (Wildman–Crippen LogP) is 7.46. The van der Waals surface area contributed by atoms with Gasteiger partial charge in [0.05, 0.1) is 21.3 Å². The molecule has 4 aromatic rings. The van der Waals surface area contributed by atoms with E-state index in [-0.39, 0.29) is 0 Å². The highest BCUT2D eigenvalue weighted by Gasteiger charge is 2.09. The number of allylic oxidation sites excluding steroid dienone is 3. The highest BCUT2D eigenvalue weighted by atomic mass is 16.5. The molecule has 0 N–H and O–H groups in total. The average molecular weight is 629 g/mol. The van der Waals surface area contributed by atoms with Gasteiger partial charge in [0.25, 0.3) is 6.47 Å². The molecule has 0 radical (unpaired) electrons. The number of rotatable bonds is 13. The Morgan fingerprint density at radius 3 is 1.63 bits per heavy atom. The molecule has 4 aromatic carbocycles. The molecular formula is C37H40O9. The van der Waals surface area contributed by atoms with Crippen molar-refractivity contribution in [2.45, 2.75) is 6.92 Å². The lowest BCUT2D eigenvalue weighted by Crippen LogP contribution is -2.09. The quantitative estimate of drug-likeness (QED) is 0.0645. The second kappa shape index (κ2) is 22.7. The molecule has 0 aliphatic heterocycles. The van der Waals surface area contributed by atoms with Crippen LogP contribution in [-0.2, 0) is 14.4 Å². The molecule has 0 fully saturated rings. The Bertz CT molecular complexity index is 1540. The molecule has 0 aliphatic rings. The molecule has 0 unspecified atom stereocenters. The topological polar surface area (TPSA) is 107 Å². The van der Waals surface area contributed by atoms with Gasteiger partial charge in [-0.3, -0.25) is 14.4 Å². The van der Waals surface area contributed by atoms with Crippen molar-refractivity contribution in [3.05, 3.63) is 111 Å². The number of benzene rings is 4. The van der Waals surface area contributed by atoms with Gasteiger partial charge < -0.3 is 28.4 Å². The molecule has 9 heteroatoms. The standard InChI is InChI=1S/C28H26O7.2C3H4O.C3H6/c1-30-22-8-10-25(27(16-22)32-3)21-5-4-20-15-23(7-6-19(20)14-21)33-12-13-34-24-9-11-26(31-2)28(17-24)35-18-29;2*1-2-3-4;1-3-2/h4-11,14-18H,12-13H2,1-3H3;2*2-3H,1H2;3H,1H2,2H3. The van der Waals surface area contributed by atoms with Crippen molar-refractivity contribution in [3.8, 4) is 45.6 Å². The minimum atomic E-state index is 0.294. The van der Waals surface area contributed by atoms with Crippen LogP contribution in [0.4, 0.5) is 0 Å². The lowest BCUT2D eigenvalue weighted by Gasteiger charge is -2.12. The second-order valence-electron chi connectivity index (χ2n) is 8.67. The number of hydrogen-bond donors (Lipinski definition) is 0. The maximum atomic E-state index is 10.7. The van der Waals surface area contributed by atoms with Crippen LogP contribution in [0.15, 0.2) is 111 Å². The number of carbonyl (C=O) groups excluding carboxylic acids is 3. The summed E-state index contributed by atoms with van der Waals surface area (Å²) in [6.45, 7) is 12.5. The summed E-state index contributed by atoms with van der Waals surface area (Å²) in [5, 5.41) is 2.15. The molecule has 0 aromatic heterocycles. The van der Waals surface area contributed by atoms with Crippen LogP contribution in [0.5, 0.6) is 34.5 Å². The summed E-state index contributed by atoms with van der Waals surface area (Å²) in [6.07, 6.45) is 5.42. The van der Waals surface area contributed by atoms with E-state index in [2.05, 4.69) is 37.9 Å². The Balaban J connectivity index is 0.000000838. The first-order valence-electron chi connectivity index (χ1n) is 13.9. The SMILES string of the molecule is C=CC.C=CC=O.C=CC=O.COc1ccc(-c2ccc3cc(OCCOc4ccc(OC)c(OC=O)c4)ccc3c2)c(OC)c1. The predicted molar refractivity (Wildman–Crippen MR) is 182 cm³/mol. The minimum Gasteiger partial charge on any atom is -0.497 e. The number of ether oxygens (including phenoxy) is 6. The number of aldehydes is 2. The van der Waals surface area contributed by atoms with Crippen molar-refractivity contribution in [2.24, 2.45) is 0 Å².